The summed E-state index contributed by atoms with van der Waals surface area (Å²) in [7, 11) is 0. The van der Waals surface area contributed by atoms with E-state index in [0.717, 1.165) is 49.8 Å². The number of hydrogen-bond donors (Lipinski definition) is 0. The minimum Gasteiger partial charge on any atom is -0.455 e. The van der Waals surface area contributed by atoms with E-state index in [-0.39, 0.29) is 0 Å². The molecule has 0 aliphatic heterocycles. The van der Waals surface area contributed by atoms with Crippen molar-refractivity contribution in [3.05, 3.63) is 146 Å². The topological polar surface area (TPSA) is 26.3 Å². The number of furan rings is 2. The fourth-order valence-corrected chi connectivity index (χ4v) is 6.65. The van der Waals surface area contributed by atoms with Gasteiger partial charge in [0.05, 0.1) is 5.39 Å². The summed E-state index contributed by atoms with van der Waals surface area (Å²) in [6.07, 6.45) is 0. The number of para-hydroxylation sites is 1. The summed E-state index contributed by atoms with van der Waals surface area (Å²) in [6, 6.07) is 51.2. The molecule has 0 bridgehead atoms. The van der Waals surface area contributed by atoms with Gasteiger partial charge in [-0.3, -0.25) is 0 Å². The fourth-order valence-electron chi connectivity index (χ4n) is 6.65. The molecule has 196 valence electrons. The Bertz CT molecular complexity index is 2390. The Morgan fingerprint density at radius 2 is 0.952 bits per heavy atom. The van der Waals surface area contributed by atoms with Crippen molar-refractivity contribution < 1.29 is 8.83 Å². The third-order valence-electron chi connectivity index (χ3n) is 8.47. The van der Waals surface area contributed by atoms with E-state index in [1.54, 1.807) is 0 Å². The van der Waals surface area contributed by atoms with Crippen LogP contribution in [-0.2, 0) is 0 Å². The number of rotatable bonds is 3. The van der Waals surface area contributed by atoms with Crippen LogP contribution in [0.5, 0.6) is 0 Å². The molecule has 7 aromatic carbocycles. The van der Waals surface area contributed by atoms with Gasteiger partial charge < -0.3 is 8.83 Å². The molecule has 0 amide bonds. The largest absolute Gasteiger partial charge is 0.455 e. The van der Waals surface area contributed by atoms with E-state index in [4.69, 9.17) is 8.83 Å². The van der Waals surface area contributed by atoms with Crippen LogP contribution in [0.4, 0.5) is 0 Å². The molecule has 0 saturated heterocycles. The monoisotopic (exact) mass is 536 g/mol. The van der Waals surface area contributed by atoms with E-state index in [2.05, 4.69) is 127 Å². The molecule has 0 N–H and O–H groups in total. The average Bonchev–Trinajstić information content (AvgIpc) is 3.66. The van der Waals surface area contributed by atoms with E-state index in [1.165, 1.54) is 38.2 Å². The molecule has 0 fully saturated rings. The zero-order valence-corrected chi connectivity index (χ0v) is 22.7. The lowest BCUT2D eigenvalue weighted by atomic mass is 9.85. The molecule has 0 atom stereocenters. The lowest BCUT2D eigenvalue weighted by Gasteiger charge is -2.17. The van der Waals surface area contributed by atoms with Crippen LogP contribution in [0.15, 0.2) is 154 Å². The first-order chi connectivity index (χ1) is 20.8. The summed E-state index contributed by atoms with van der Waals surface area (Å²) in [6.45, 7) is 0. The Labute approximate surface area is 242 Å². The van der Waals surface area contributed by atoms with Crippen LogP contribution in [0.25, 0.3) is 88.0 Å². The molecule has 0 saturated carbocycles. The molecule has 2 aromatic heterocycles. The first-order valence-electron chi connectivity index (χ1n) is 14.3. The molecule has 2 heterocycles. The summed E-state index contributed by atoms with van der Waals surface area (Å²) >= 11 is 0. The molecule has 0 aliphatic rings. The van der Waals surface area contributed by atoms with E-state index >= 15 is 0 Å². The maximum atomic E-state index is 6.71. The standard InChI is InChI=1S/C40H24O2/c1-3-12-25(13-4-1)35-24-27-22-23-34-38(39(27)42-35)33-21-11-20-32(40(33)41-34)37-30-18-9-7-16-28(30)36(26-14-5-2-6-15-26)29-17-8-10-19-31(29)37/h1-24H. The highest BCUT2D eigenvalue weighted by Crippen LogP contribution is 2.47. The fraction of sp³-hybridized carbons (Fsp3) is 0. The summed E-state index contributed by atoms with van der Waals surface area (Å²) in [5.74, 6) is 0.858. The lowest BCUT2D eigenvalue weighted by Crippen LogP contribution is -1.90. The predicted octanol–water partition coefficient (Wildman–Crippen LogP) is 11.6. The smallest absolute Gasteiger partial charge is 0.146 e. The van der Waals surface area contributed by atoms with E-state index in [1.807, 2.05) is 18.2 Å². The van der Waals surface area contributed by atoms with Crippen LogP contribution >= 0.6 is 0 Å². The van der Waals surface area contributed by atoms with Crippen molar-refractivity contribution >= 4 is 54.5 Å². The Balaban J connectivity index is 1.38. The lowest BCUT2D eigenvalue weighted by molar-refractivity contribution is 0.633. The van der Waals surface area contributed by atoms with Gasteiger partial charge in [0.2, 0.25) is 0 Å². The summed E-state index contributed by atoms with van der Waals surface area (Å²) in [5.41, 5.74) is 8.36. The average molecular weight is 537 g/mol. The van der Waals surface area contributed by atoms with Crippen LogP contribution in [-0.4, -0.2) is 0 Å². The second-order valence-corrected chi connectivity index (χ2v) is 10.8. The van der Waals surface area contributed by atoms with Gasteiger partial charge in [-0.1, -0.05) is 127 Å². The summed E-state index contributed by atoms with van der Waals surface area (Å²) in [5, 5.41) is 8.01. The number of benzene rings is 7. The van der Waals surface area contributed by atoms with Gasteiger partial charge in [-0.25, -0.2) is 0 Å². The van der Waals surface area contributed by atoms with Crippen LogP contribution < -0.4 is 0 Å². The van der Waals surface area contributed by atoms with Gasteiger partial charge in [-0.2, -0.15) is 0 Å². The number of hydrogen-bond acceptors (Lipinski definition) is 2. The highest BCUT2D eigenvalue weighted by atomic mass is 16.3. The van der Waals surface area contributed by atoms with Crippen molar-refractivity contribution in [2.45, 2.75) is 0 Å². The van der Waals surface area contributed by atoms with Gasteiger partial charge in [-0.15, -0.1) is 0 Å². The van der Waals surface area contributed by atoms with Crippen LogP contribution in [0.2, 0.25) is 0 Å². The Kier molecular flexibility index (Phi) is 4.93. The normalized spacial score (nSPS) is 11.8. The maximum absolute atomic E-state index is 6.71. The minimum absolute atomic E-state index is 0.827. The molecule has 2 heteroatoms. The second kappa shape index (κ2) is 8.95. The first kappa shape index (κ1) is 23.1. The zero-order chi connectivity index (χ0) is 27.6. The summed E-state index contributed by atoms with van der Waals surface area (Å²) < 4.78 is 13.2. The molecule has 42 heavy (non-hydrogen) atoms. The Morgan fingerprint density at radius 1 is 0.381 bits per heavy atom. The first-order valence-corrected chi connectivity index (χ1v) is 14.3. The molecule has 0 radical (unpaired) electrons. The van der Waals surface area contributed by atoms with E-state index < -0.39 is 0 Å². The van der Waals surface area contributed by atoms with Gasteiger partial charge in [-0.05, 0) is 50.9 Å². The van der Waals surface area contributed by atoms with Gasteiger partial charge in [0.25, 0.3) is 0 Å². The van der Waals surface area contributed by atoms with Crippen molar-refractivity contribution in [3.8, 4) is 33.6 Å². The molecule has 0 spiro atoms. The molecule has 0 aliphatic carbocycles. The van der Waals surface area contributed by atoms with Crippen LogP contribution in [0.3, 0.4) is 0 Å². The Hall–Kier alpha value is -5.60. The van der Waals surface area contributed by atoms with E-state index in [0.29, 0.717) is 0 Å². The van der Waals surface area contributed by atoms with Gasteiger partial charge in [0, 0.05) is 27.5 Å². The van der Waals surface area contributed by atoms with Gasteiger partial charge in [0.15, 0.2) is 0 Å². The SMILES string of the molecule is c1ccc(-c2cc3ccc4oc5c(-c6c7ccccc7c(-c7ccccc7)c7ccccc67)cccc5c4c3o2)cc1. The van der Waals surface area contributed by atoms with Gasteiger partial charge in [0.1, 0.15) is 22.5 Å². The molecule has 2 nitrogen and oxygen atoms in total. The minimum atomic E-state index is 0.827. The predicted molar refractivity (Wildman–Crippen MR) is 175 cm³/mol. The molecular formula is C40H24O2. The number of fused-ring (bicyclic) bond motifs is 7. The van der Waals surface area contributed by atoms with Crippen LogP contribution in [0.1, 0.15) is 0 Å². The highest BCUT2D eigenvalue weighted by molar-refractivity contribution is 6.25. The third-order valence-corrected chi connectivity index (χ3v) is 8.47. The highest BCUT2D eigenvalue weighted by Gasteiger charge is 2.21. The van der Waals surface area contributed by atoms with Crippen molar-refractivity contribution in [1.29, 1.82) is 0 Å². The van der Waals surface area contributed by atoms with Crippen molar-refractivity contribution in [2.24, 2.45) is 0 Å². The Morgan fingerprint density at radius 3 is 1.62 bits per heavy atom. The van der Waals surface area contributed by atoms with Gasteiger partial charge >= 0.3 is 0 Å². The van der Waals surface area contributed by atoms with Crippen molar-refractivity contribution in [2.75, 3.05) is 0 Å². The molecular weight excluding hydrogens is 512 g/mol. The summed E-state index contributed by atoms with van der Waals surface area (Å²) in [4.78, 5) is 0. The second-order valence-electron chi connectivity index (χ2n) is 10.8. The zero-order valence-electron chi connectivity index (χ0n) is 22.7. The maximum Gasteiger partial charge on any atom is 0.146 e. The van der Waals surface area contributed by atoms with Crippen molar-refractivity contribution in [1.82, 2.24) is 0 Å². The van der Waals surface area contributed by atoms with E-state index in [9.17, 15) is 0 Å². The van der Waals surface area contributed by atoms with Crippen LogP contribution in [0, 0.1) is 0 Å². The molecule has 0 unspecified atom stereocenters. The quantitative estimate of drug-likeness (QED) is 0.210. The van der Waals surface area contributed by atoms with Crippen molar-refractivity contribution in [3.63, 3.8) is 0 Å². The third kappa shape index (κ3) is 3.33. The molecule has 9 aromatic rings. The molecule has 9 rings (SSSR count).